The van der Waals surface area contributed by atoms with Crippen molar-refractivity contribution in [3.8, 4) is 11.5 Å². The standard InChI is InChI=1S/C24H24ClNO2.Sn/c1-15-10-20-19-14-28-23-12-22(27)21(25)11-18(23)17(19)8-9-24(20,26(2,3)13-15)16-6-4-5-7-16;/h4-5,8-14,16-17H,6-7H2,1-3H3;/p+1/t17?,24-;/m1./s1. The number of ether oxygens (including phenoxy) is 1. The van der Waals surface area contributed by atoms with Gasteiger partial charge in [-0.3, -0.25) is 4.48 Å². The summed E-state index contributed by atoms with van der Waals surface area (Å²) in [5, 5.41) is 10.3. The topological polar surface area (TPSA) is 29.5 Å². The summed E-state index contributed by atoms with van der Waals surface area (Å²) < 4.78 is 6.78. The number of phenolic OH excluding ortho intramolecular Hbond substituents is 1. The van der Waals surface area contributed by atoms with E-state index in [9.17, 15) is 5.11 Å². The molecule has 4 radical (unpaired) electrons. The van der Waals surface area contributed by atoms with Gasteiger partial charge in [0.1, 0.15) is 11.5 Å². The summed E-state index contributed by atoms with van der Waals surface area (Å²) >= 11 is 6.23. The molecule has 2 heterocycles. The van der Waals surface area contributed by atoms with E-state index >= 15 is 0 Å². The van der Waals surface area contributed by atoms with Crippen LogP contribution in [0, 0.1) is 5.92 Å². The fourth-order valence-corrected chi connectivity index (χ4v) is 5.83. The van der Waals surface area contributed by atoms with Gasteiger partial charge in [0.25, 0.3) is 0 Å². The number of allylic oxidation sites excluding steroid dienone is 5. The first kappa shape index (κ1) is 20.8. The van der Waals surface area contributed by atoms with E-state index in [1.165, 1.54) is 16.7 Å². The molecule has 29 heavy (non-hydrogen) atoms. The minimum Gasteiger partial charge on any atom is -0.506 e. The summed E-state index contributed by atoms with van der Waals surface area (Å²) in [7, 11) is 4.60. The van der Waals surface area contributed by atoms with E-state index in [4.69, 9.17) is 16.3 Å². The van der Waals surface area contributed by atoms with Crippen molar-refractivity contribution in [2.24, 2.45) is 5.92 Å². The van der Waals surface area contributed by atoms with Gasteiger partial charge in [0, 0.05) is 64.1 Å². The third-order valence-corrected chi connectivity index (χ3v) is 7.13. The number of aromatic hydroxyl groups is 1. The summed E-state index contributed by atoms with van der Waals surface area (Å²) in [6.45, 7) is 2.17. The number of rotatable bonds is 1. The average molecular weight is 514 g/mol. The Kier molecular flexibility index (Phi) is 5.08. The Morgan fingerprint density at radius 3 is 2.66 bits per heavy atom. The van der Waals surface area contributed by atoms with E-state index in [1.54, 1.807) is 6.07 Å². The van der Waals surface area contributed by atoms with Gasteiger partial charge in [-0.15, -0.1) is 0 Å². The Hall–Kier alpha value is -1.43. The molecule has 0 saturated heterocycles. The third-order valence-electron chi connectivity index (χ3n) is 6.83. The summed E-state index contributed by atoms with van der Waals surface area (Å²) in [5.41, 5.74) is 4.70. The van der Waals surface area contributed by atoms with Crippen molar-refractivity contribution in [1.82, 2.24) is 0 Å². The molecule has 5 rings (SSSR count). The molecule has 0 bridgehead atoms. The number of hydrogen-bond donors (Lipinski definition) is 1. The van der Waals surface area contributed by atoms with Gasteiger partial charge in [-0.1, -0.05) is 29.8 Å². The maximum Gasteiger partial charge on any atom is 0.151 e. The zero-order valence-corrected chi connectivity index (χ0v) is 20.6. The monoisotopic (exact) mass is 514 g/mol. The third kappa shape index (κ3) is 2.88. The van der Waals surface area contributed by atoms with E-state index in [0.29, 0.717) is 16.7 Å². The summed E-state index contributed by atoms with van der Waals surface area (Å²) in [6.07, 6.45) is 18.1. The number of hydrogen-bond acceptors (Lipinski definition) is 2. The van der Waals surface area contributed by atoms with Crippen LogP contribution in [0.4, 0.5) is 0 Å². The van der Waals surface area contributed by atoms with Gasteiger partial charge in [0.05, 0.1) is 31.6 Å². The number of phenols is 1. The van der Waals surface area contributed by atoms with Crippen molar-refractivity contribution < 1.29 is 14.3 Å². The molecule has 1 N–H and O–H groups in total. The molecule has 0 fully saturated rings. The van der Waals surface area contributed by atoms with Crippen LogP contribution in [0.1, 0.15) is 31.2 Å². The molecule has 0 aromatic heterocycles. The minimum absolute atomic E-state index is 0. The molecule has 2 aliphatic carbocycles. The van der Waals surface area contributed by atoms with Crippen molar-refractivity contribution in [2.45, 2.75) is 31.2 Å². The Bertz CT molecular complexity index is 1030. The largest absolute Gasteiger partial charge is 0.506 e. The predicted octanol–water partition coefficient (Wildman–Crippen LogP) is 5.22. The molecule has 0 spiro atoms. The molecule has 148 valence electrons. The van der Waals surface area contributed by atoms with Crippen molar-refractivity contribution in [3.63, 3.8) is 0 Å². The van der Waals surface area contributed by atoms with Crippen LogP contribution in [0.25, 0.3) is 0 Å². The molecular formula is C24H25ClNO2Sn+. The average Bonchev–Trinajstić information content (AvgIpc) is 3.16. The van der Waals surface area contributed by atoms with Crippen LogP contribution < -0.4 is 4.74 Å². The molecule has 4 aliphatic rings. The zero-order valence-electron chi connectivity index (χ0n) is 16.9. The SMILES string of the molecule is CC1=C[N+](C)(C)[C@@]2(C3CC=CC3)C=CC3C(=COc4cc(O)c(Cl)cc43)C2=C1.[Sn]. The van der Waals surface area contributed by atoms with Crippen LogP contribution in [0.3, 0.4) is 0 Å². The Balaban J connectivity index is 0.00000205. The fraction of sp³-hybridized carbons (Fsp3) is 0.333. The van der Waals surface area contributed by atoms with Crippen molar-refractivity contribution in [2.75, 3.05) is 14.1 Å². The molecular weight excluding hydrogens is 488 g/mol. The smallest absolute Gasteiger partial charge is 0.151 e. The normalized spacial score (nSPS) is 28.8. The fourth-order valence-electron chi connectivity index (χ4n) is 5.66. The summed E-state index contributed by atoms with van der Waals surface area (Å²) in [4.78, 5) is 0. The molecule has 0 saturated carbocycles. The number of fused-ring (bicyclic) bond motifs is 5. The van der Waals surface area contributed by atoms with Crippen LogP contribution in [-0.2, 0) is 0 Å². The first-order valence-corrected chi connectivity index (χ1v) is 10.2. The predicted molar refractivity (Wildman–Crippen MR) is 118 cm³/mol. The van der Waals surface area contributed by atoms with E-state index in [2.05, 4.69) is 57.6 Å². The van der Waals surface area contributed by atoms with Gasteiger partial charge in [-0.05, 0) is 38.0 Å². The van der Waals surface area contributed by atoms with E-state index in [-0.39, 0.29) is 41.1 Å². The van der Waals surface area contributed by atoms with Crippen molar-refractivity contribution >= 4 is 35.5 Å². The second-order valence-electron chi connectivity index (χ2n) is 8.81. The number of nitrogens with zero attached hydrogens (tertiary/aromatic N) is 1. The number of halogens is 1. The van der Waals surface area contributed by atoms with E-state index < -0.39 is 0 Å². The molecule has 0 amide bonds. The second-order valence-corrected chi connectivity index (χ2v) is 9.21. The van der Waals surface area contributed by atoms with Gasteiger partial charge in [-0.25, -0.2) is 0 Å². The molecule has 2 atom stereocenters. The molecule has 1 aromatic carbocycles. The maximum absolute atomic E-state index is 9.97. The van der Waals surface area contributed by atoms with Crippen LogP contribution in [0.15, 0.2) is 71.7 Å². The van der Waals surface area contributed by atoms with Crippen molar-refractivity contribution in [3.05, 3.63) is 82.3 Å². The Labute approximate surface area is 194 Å². The number of likely N-dealkylation sites (N-methyl/N-ethyl adjacent to an activating group) is 1. The Morgan fingerprint density at radius 1 is 1.21 bits per heavy atom. The van der Waals surface area contributed by atoms with Crippen LogP contribution in [0.5, 0.6) is 11.5 Å². The minimum atomic E-state index is -0.118. The van der Waals surface area contributed by atoms with Crippen molar-refractivity contribution in [1.29, 1.82) is 0 Å². The molecule has 5 heteroatoms. The zero-order chi connectivity index (χ0) is 19.7. The van der Waals surface area contributed by atoms with E-state index in [1.807, 2.05) is 12.3 Å². The number of benzene rings is 1. The second kappa shape index (κ2) is 7.07. The Morgan fingerprint density at radius 2 is 1.93 bits per heavy atom. The van der Waals surface area contributed by atoms with Crippen LogP contribution in [0.2, 0.25) is 5.02 Å². The molecule has 1 aromatic rings. The summed E-state index contributed by atoms with van der Waals surface area (Å²) in [6, 6.07) is 3.45. The quantitative estimate of drug-likeness (QED) is 0.317. The van der Waals surface area contributed by atoms with E-state index in [0.717, 1.165) is 22.9 Å². The molecule has 2 aliphatic heterocycles. The van der Waals surface area contributed by atoms with Gasteiger partial charge in [-0.2, -0.15) is 0 Å². The number of quaternary nitrogens is 1. The van der Waals surface area contributed by atoms with Gasteiger partial charge in [0.15, 0.2) is 5.54 Å². The molecule has 3 nitrogen and oxygen atoms in total. The van der Waals surface area contributed by atoms with Gasteiger partial charge in [0.2, 0.25) is 0 Å². The van der Waals surface area contributed by atoms with Crippen LogP contribution in [-0.4, -0.2) is 53.1 Å². The van der Waals surface area contributed by atoms with Gasteiger partial charge < -0.3 is 9.84 Å². The van der Waals surface area contributed by atoms with Gasteiger partial charge >= 0.3 is 0 Å². The first-order valence-electron chi connectivity index (χ1n) is 9.83. The summed E-state index contributed by atoms with van der Waals surface area (Å²) in [5.74, 6) is 1.33. The van der Waals surface area contributed by atoms with Crippen LogP contribution >= 0.6 is 11.6 Å². The molecule has 1 unspecified atom stereocenters. The maximum atomic E-state index is 9.97. The first-order chi connectivity index (χ1) is 13.3.